The second-order valence-corrected chi connectivity index (χ2v) is 5.91. The molecule has 4 nitrogen and oxygen atoms in total. The molecule has 0 aliphatic rings. The van der Waals surface area contributed by atoms with E-state index in [2.05, 4.69) is 24.1 Å². The number of nitrogens with two attached hydrogens (primary N) is 1. The van der Waals surface area contributed by atoms with E-state index in [4.69, 9.17) is 17.3 Å². The fourth-order valence-corrected chi connectivity index (χ4v) is 2.18. The maximum Gasteiger partial charge on any atom is 0.253 e. The molecule has 1 amide bonds. The fourth-order valence-electron chi connectivity index (χ4n) is 2.02. The summed E-state index contributed by atoms with van der Waals surface area (Å²) >= 11 is 5.80. The Morgan fingerprint density at radius 3 is 2.67 bits per heavy atom. The van der Waals surface area contributed by atoms with Gasteiger partial charge in [-0.15, -0.1) is 0 Å². The van der Waals surface area contributed by atoms with Crippen molar-refractivity contribution >= 4 is 23.2 Å². The van der Waals surface area contributed by atoms with Gasteiger partial charge in [0, 0.05) is 12.0 Å². The van der Waals surface area contributed by atoms with E-state index in [0.717, 1.165) is 5.56 Å². The summed E-state index contributed by atoms with van der Waals surface area (Å²) in [6, 6.07) is 11.5. The van der Waals surface area contributed by atoms with Gasteiger partial charge in [0.1, 0.15) is 5.15 Å². The molecule has 0 unspecified atom stereocenters. The van der Waals surface area contributed by atoms with Crippen LogP contribution in [0.15, 0.2) is 42.6 Å². The van der Waals surface area contributed by atoms with Gasteiger partial charge in [-0.3, -0.25) is 4.79 Å². The number of halogens is 1. The molecule has 0 saturated carbocycles. The molecule has 0 saturated heterocycles. The lowest BCUT2D eigenvalue weighted by Gasteiger charge is -2.25. The number of nitrogens with zero attached hydrogens (tertiary/aromatic N) is 1. The Balaban J connectivity index is 2.09. The van der Waals surface area contributed by atoms with E-state index in [1.165, 1.54) is 12.3 Å². The molecule has 2 aromatic rings. The second kappa shape index (κ2) is 6.14. The van der Waals surface area contributed by atoms with Crippen molar-refractivity contribution in [2.75, 3.05) is 12.3 Å². The molecular formula is C16H18ClN3O. The molecule has 5 heteroatoms. The number of rotatable bonds is 4. The van der Waals surface area contributed by atoms with Crippen LogP contribution in [0.2, 0.25) is 5.15 Å². The van der Waals surface area contributed by atoms with Gasteiger partial charge in [-0.25, -0.2) is 4.98 Å². The van der Waals surface area contributed by atoms with Crippen LogP contribution >= 0.6 is 11.6 Å². The molecule has 0 bridgehead atoms. The Morgan fingerprint density at radius 1 is 1.33 bits per heavy atom. The molecular weight excluding hydrogens is 286 g/mol. The highest BCUT2D eigenvalue weighted by atomic mass is 35.5. The van der Waals surface area contributed by atoms with Gasteiger partial charge in [0.15, 0.2) is 0 Å². The summed E-state index contributed by atoms with van der Waals surface area (Å²) in [6.45, 7) is 4.65. The molecule has 1 heterocycles. The zero-order chi connectivity index (χ0) is 15.5. The van der Waals surface area contributed by atoms with Crippen molar-refractivity contribution < 1.29 is 4.79 Å². The zero-order valence-electron chi connectivity index (χ0n) is 12.1. The molecule has 2 rings (SSSR count). The van der Waals surface area contributed by atoms with E-state index in [9.17, 15) is 4.79 Å². The number of carbonyl (C=O) groups is 1. The number of nitrogen functional groups attached to an aromatic ring is 1. The summed E-state index contributed by atoms with van der Waals surface area (Å²) < 4.78 is 0. The highest BCUT2D eigenvalue weighted by Gasteiger charge is 2.22. The molecule has 110 valence electrons. The Kier molecular flexibility index (Phi) is 4.48. The second-order valence-electron chi connectivity index (χ2n) is 5.53. The number of nitrogens with one attached hydrogen (secondary N) is 1. The molecule has 21 heavy (non-hydrogen) atoms. The van der Waals surface area contributed by atoms with Crippen molar-refractivity contribution in [1.29, 1.82) is 0 Å². The van der Waals surface area contributed by atoms with Crippen LogP contribution in [0.25, 0.3) is 0 Å². The number of aromatic nitrogens is 1. The lowest BCUT2D eigenvalue weighted by molar-refractivity contribution is 0.0946. The van der Waals surface area contributed by atoms with Crippen LogP contribution in [0.5, 0.6) is 0 Å². The molecule has 0 fully saturated rings. The first kappa shape index (κ1) is 15.3. The Labute approximate surface area is 129 Å². The summed E-state index contributed by atoms with van der Waals surface area (Å²) in [4.78, 5) is 16.1. The standard InChI is InChI=1S/C16H18ClN3O/c1-16(2,11-6-4-3-5-7-11)10-20-15(21)12-8-14(17)19-9-13(12)18/h3-9H,10,18H2,1-2H3,(H,20,21). The summed E-state index contributed by atoms with van der Waals surface area (Å²) in [7, 11) is 0. The van der Waals surface area contributed by atoms with Crippen LogP contribution in [-0.4, -0.2) is 17.4 Å². The van der Waals surface area contributed by atoms with Crippen molar-refractivity contribution in [2.24, 2.45) is 0 Å². The monoisotopic (exact) mass is 303 g/mol. The Morgan fingerprint density at radius 2 is 2.00 bits per heavy atom. The Hall–Kier alpha value is -2.07. The van der Waals surface area contributed by atoms with Crippen LogP contribution in [0, 0.1) is 0 Å². The van der Waals surface area contributed by atoms with Crippen molar-refractivity contribution in [3.05, 3.63) is 58.9 Å². The predicted octanol–water partition coefficient (Wildman–Crippen LogP) is 3.02. The van der Waals surface area contributed by atoms with Gasteiger partial charge in [0.05, 0.1) is 17.4 Å². The van der Waals surface area contributed by atoms with Crippen molar-refractivity contribution in [3.8, 4) is 0 Å². The van der Waals surface area contributed by atoms with Crippen molar-refractivity contribution in [1.82, 2.24) is 10.3 Å². The predicted molar refractivity (Wildman–Crippen MR) is 85.5 cm³/mol. The van der Waals surface area contributed by atoms with Gasteiger partial charge in [0.2, 0.25) is 0 Å². The lowest BCUT2D eigenvalue weighted by Crippen LogP contribution is -2.37. The molecule has 0 atom stereocenters. The molecule has 0 aliphatic carbocycles. The molecule has 0 aliphatic heterocycles. The lowest BCUT2D eigenvalue weighted by atomic mass is 9.84. The van der Waals surface area contributed by atoms with E-state index in [-0.39, 0.29) is 16.5 Å². The number of carbonyl (C=O) groups excluding carboxylic acids is 1. The number of amides is 1. The third kappa shape index (κ3) is 3.73. The van der Waals surface area contributed by atoms with Gasteiger partial charge >= 0.3 is 0 Å². The average Bonchev–Trinajstić information content (AvgIpc) is 2.48. The van der Waals surface area contributed by atoms with Crippen LogP contribution < -0.4 is 11.1 Å². The maximum absolute atomic E-state index is 12.2. The zero-order valence-corrected chi connectivity index (χ0v) is 12.8. The first-order valence-corrected chi connectivity index (χ1v) is 7.03. The van der Waals surface area contributed by atoms with Gasteiger partial charge < -0.3 is 11.1 Å². The maximum atomic E-state index is 12.2. The third-order valence-corrected chi connectivity index (χ3v) is 3.60. The summed E-state index contributed by atoms with van der Waals surface area (Å²) in [6.07, 6.45) is 1.39. The molecule has 3 N–H and O–H groups in total. The van der Waals surface area contributed by atoms with Crippen LogP contribution in [0.4, 0.5) is 5.69 Å². The summed E-state index contributed by atoms with van der Waals surface area (Å²) in [5.41, 5.74) is 7.40. The van der Waals surface area contributed by atoms with Crippen molar-refractivity contribution in [2.45, 2.75) is 19.3 Å². The van der Waals surface area contributed by atoms with Gasteiger partial charge in [0.25, 0.3) is 5.91 Å². The smallest absolute Gasteiger partial charge is 0.253 e. The minimum atomic E-state index is -0.249. The minimum absolute atomic E-state index is 0.178. The average molecular weight is 304 g/mol. The van der Waals surface area contributed by atoms with Crippen LogP contribution in [0.3, 0.4) is 0 Å². The first-order valence-electron chi connectivity index (χ1n) is 6.65. The normalized spacial score (nSPS) is 11.2. The van der Waals surface area contributed by atoms with E-state index < -0.39 is 0 Å². The van der Waals surface area contributed by atoms with Crippen molar-refractivity contribution in [3.63, 3.8) is 0 Å². The Bertz CT molecular complexity index is 641. The number of hydrogen-bond acceptors (Lipinski definition) is 3. The highest BCUT2D eigenvalue weighted by Crippen LogP contribution is 2.22. The number of pyridine rings is 1. The first-order chi connectivity index (χ1) is 9.90. The SMILES string of the molecule is CC(C)(CNC(=O)c1cc(Cl)ncc1N)c1ccccc1. The molecule has 1 aromatic carbocycles. The molecule has 0 spiro atoms. The summed E-state index contributed by atoms with van der Waals surface area (Å²) in [5, 5.41) is 3.15. The van der Waals surface area contributed by atoms with Crippen LogP contribution in [-0.2, 0) is 5.41 Å². The number of benzene rings is 1. The quantitative estimate of drug-likeness (QED) is 0.853. The highest BCUT2D eigenvalue weighted by molar-refractivity contribution is 6.29. The van der Waals surface area contributed by atoms with E-state index in [1.807, 2.05) is 30.3 Å². The van der Waals surface area contributed by atoms with E-state index in [1.54, 1.807) is 0 Å². The van der Waals surface area contributed by atoms with Gasteiger partial charge in [-0.1, -0.05) is 55.8 Å². The third-order valence-electron chi connectivity index (χ3n) is 3.39. The topological polar surface area (TPSA) is 68.0 Å². The molecule has 1 aromatic heterocycles. The number of anilines is 1. The van der Waals surface area contributed by atoms with Gasteiger partial charge in [-0.2, -0.15) is 0 Å². The van der Waals surface area contributed by atoms with E-state index in [0.29, 0.717) is 17.8 Å². The molecule has 0 radical (unpaired) electrons. The minimum Gasteiger partial charge on any atom is -0.397 e. The van der Waals surface area contributed by atoms with E-state index >= 15 is 0 Å². The number of hydrogen-bond donors (Lipinski definition) is 2. The van der Waals surface area contributed by atoms with Crippen LogP contribution in [0.1, 0.15) is 29.8 Å². The largest absolute Gasteiger partial charge is 0.397 e. The fraction of sp³-hybridized carbons (Fsp3) is 0.250. The van der Waals surface area contributed by atoms with Gasteiger partial charge in [-0.05, 0) is 11.6 Å². The summed E-state index contributed by atoms with van der Waals surface area (Å²) in [5.74, 6) is -0.249.